The number of para-hydroxylation sites is 1. The molecule has 0 saturated carbocycles. The molecule has 2 aromatic carbocycles. The average Bonchev–Trinajstić information content (AvgIpc) is 2.46. The Morgan fingerprint density at radius 2 is 1.65 bits per heavy atom. The van der Waals surface area contributed by atoms with Crippen LogP contribution in [0.5, 0.6) is 5.75 Å². The molecule has 0 spiro atoms. The number of rotatable bonds is 4. The first-order valence-electron chi connectivity index (χ1n) is 5.81. The third-order valence-electron chi connectivity index (χ3n) is 2.91. The average molecular weight is 290 g/mol. The largest absolute Gasteiger partial charge is 0.497 e. The van der Waals surface area contributed by atoms with Gasteiger partial charge in [0.2, 0.25) is 0 Å². The number of ether oxygens (including phenoxy) is 1. The van der Waals surface area contributed by atoms with Crippen LogP contribution in [0.15, 0.2) is 42.5 Å². The van der Waals surface area contributed by atoms with E-state index in [1.165, 1.54) is 6.07 Å². The van der Waals surface area contributed by atoms with Crippen molar-refractivity contribution in [3.8, 4) is 5.75 Å². The number of anilines is 1. The van der Waals surface area contributed by atoms with Gasteiger partial charge in [0.05, 0.1) is 18.4 Å². The molecule has 0 aromatic heterocycles. The Morgan fingerprint density at radius 3 is 2.20 bits per heavy atom. The summed E-state index contributed by atoms with van der Waals surface area (Å²) in [5, 5.41) is -0.688. The summed E-state index contributed by atoms with van der Waals surface area (Å²) in [6.07, 6.45) is 0. The minimum absolute atomic E-state index is 0.0910. The van der Waals surface area contributed by atoms with Crippen molar-refractivity contribution in [2.75, 3.05) is 12.8 Å². The second-order valence-electron chi connectivity index (χ2n) is 4.10. The second kappa shape index (κ2) is 5.75. The lowest BCUT2D eigenvalue weighted by Gasteiger charge is -2.08. The highest BCUT2D eigenvalue weighted by Gasteiger charge is 2.17. The summed E-state index contributed by atoms with van der Waals surface area (Å²) in [4.78, 5) is 23.6. The van der Waals surface area contributed by atoms with Gasteiger partial charge in [0.25, 0.3) is 5.24 Å². The van der Waals surface area contributed by atoms with Crippen LogP contribution in [0.2, 0.25) is 0 Å². The standard InChI is InChI=1S/C15H12ClNO3/c1-20-10-7-5-9(6-8-10)14(18)11-3-2-4-12(13(11)17)15(16)19/h2-8H,17H2,1H3. The lowest BCUT2D eigenvalue weighted by atomic mass is 9.99. The summed E-state index contributed by atoms with van der Waals surface area (Å²) in [5.41, 5.74) is 6.76. The van der Waals surface area contributed by atoms with Crippen molar-refractivity contribution in [2.24, 2.45) is 0 Å². The molecule has 0 saturated heterocycles. The number of ketones is 1. The fourth-order valence-corrected chi connectivity index (χ4v) is 2.00. The number of nitrogens with two attached hydrogens (primary N) is 1. The number of carbonyl (C=O) groups excluding carboxylic acids is 2. The Hall–Kier alpha value is -2.33. The van der Waals surface area contributed by atoms with E-state index in [0.717, 1.165) is 0 Å². The Labute approximate surface area is 121 Å². The molecule has 0 radical (unpaired) electrons. The highest BCUT2D eigenvalue weighted by atomic mass is 35.5. The zero-order valence-corrected chi connectivity index (χ0v) is 11.5. The van der Waals surface area contributed by atoms with Gasteiger partial charge in [-0.3, -0.25) is 9.59 Å². The molecular weight excluding hydrogens is 278 g/mol. The molecule has 2 rings (SSSR count). The number of hydrogen-bond donors (Lipinski definition) is 1. The molecule has 0 fully saturated rings. The molecule has 20 heavy (non-hydrogen) atoms. The molecule has 0 heterocycles. The predicted molar refractivity (Wildman–Crippen MR) is 77.5 cm³/mol. The molecule has 0 atom stereocenters. The van der Waals surface area contributed by atoms with Gasteiger partial charge in [0.15, 0.2) is 5.78 Å². The van der Waals surface area contributed by atoms with Gasteiger partial charge in [0.1, 0.15) is 5.75 Å². The Morgan fingerprint density at radius 1 is 1.05 bits per heavy atom. The number of carbonyl (C=O) groups is 2. The van der Waals surface area contributed by atoms with Gasteiger partial charge in [0, 0.05) is 11.1 Å². The summed E-state index contributed by atoms with van der Waals surface area (Å²) >= 11 is 5.42. The number of methoxy groups -OCH3 is 1. The first-order valence-corrected chi connectivity index (χ1v) is 6.19. The van der Waals surface area contributed by atoms with Crippen molar-refractivity contribution in [3.05, 3.63) is 59.2 Å². The summed E-state index contributed by atoms with van der Waals surface area (Å²) in [5.74, 6) is 0.379. The van der Waals surface area contributed by atoms with E-state index < -0.39 is 5.24 Å². The van der Waals surface area contributed by atoms with Gasteiger partial charge in [-0.15, -0.1) is 0 Å². The first kappa shape index (κ1) is 14.1. The van der Waals surface area contributed by atoms with E-state index in [0.29, 0.717) is 11.3 Å². The molecule has 2 N–H and O–H groups in total. The molecule has 0 bridgehead atoms. The topological polar surface area (TPSA) is 69.4 Å². The monoisotopic (exact) mass is 289 g/mol. The van der Waals surface area contributed by atoms with E-state index >= 15 is 0 Å². The predicted octanol–water partition coefficient (Wildman–Crippen LogP) is 2.89. The maximum absolute atomic E-state index is 12.4. The summed E-state index contributed by atoms with van der Waals surface area (Å²) < 4.78 is 5.03. The Kier molecular flexibility index (Phi) is 4.05. The third-order valence-corrected chi connectivity index (χ3v) is 3.12. The van der Waals surface area contributed by atoms with Gasteiger partial charge in [-0.2, -0.15) is 0 Å². The number of halogens is 1. The van der Waals surface area contributed by atoms with Crippen molar-refractivity contribution in [1.82, 2.24) is 0 Å². The first-order chi connectivity index (χ1) is 9.54. The Balaban J connectivity index is 2.42. The number of nitrogen functional groups attached to an aromatic ring is 1. The van der Waals surface area contributed by atoms with Gasteiger partial charge < -0.3 is 10.5 Å². The van der Waals surface area contributed by atoms with E-state index in [9.17, 15) is 9.59 Å². The lowest BCUT2D eigenvalue weighted by Crippen LogP contribution is -2.08. The zero-order valence-electron chi connectivity index (χ0n) is 10.7. The quantitative estimate of drug-likeness (QED) is 0.534. The van der Waals surface area contributed by atoms with Crippen molar-refractivity contribution >= 4 is 28.3 Å². The van der Waals surface area contributed by atoms with Crippen molar-refractivity contribution in [3.63, 3.8) is 0 Å². The maximum Gasteiger partial charge on any atom is 0.254 e. The van der Waals surface area contributed by atoms with Crippen LogP contribution in [-0.4, -0.2) is 18.1 Å². The smallest absolute Gasteiger partial charge is 0.254 e. The zero-order chi connectivity index (χ0) is 14.7. The highest BCUT2D eigenvalue weighted by Crippen LogP contribution is 2.23. The molecule has 0 aliphatic carbocycles. The molecule has 0 unspecified atom stereocenters. The van der Waals surface area contributed by atoms with Crippen molar-refractivity contribution in [2.45, 2.75) is 0 Å². The van der Waals surface area contributed by atoms with Crippen molar-refractivity contribution < 1.29 is 14.3 Å². The molecule has 2 aromatic rings. The summed E-state index contributed by atoms with van der Waals surface area (Å²) in [6.45, 7) is 0. The van der Waals surface area contributed by atoms with Crippen LogP contribution < -0.4 is 10.5 Å². The van der Waals surface area contributed by atoms with Crippen LogP contribution >= 0.6 is 11.6 Å². The van der Waals surface area contributed by atoms with Crippen LogP contribution in [0, 0.1) is 0 Å². The van der Waals surface area contributed by atoms with Gasteiger partial charge >= 0.3 is 0 Å². The van der Waals surface area contributed by atoms with E-state index in [2.05, 4.69) is 0 Å². The molecule has 0 amide bonds. The molecule has 0 aliphatic rings. The molecule has 4 nitrogen and oxygen atoms in total. The van der Waals surface area contributed by atoms with E-state index in [1.54, 1.807) is 43.5 Å². The van der Waals surface area contributed by atoms with E-state index in [1.807, 2.05) is 0 Å². The lowest BCUT2D eigenvalue weighted by molar-refractivity contribution is 0.103. The van der Waals surface area contributed by atoms with Gasteiger partial charge in [-0.1, -0.05) is 6.07 Å². The normalized spacial score (nSPS) is 10.1. The fraction of sp³-hybridized carbons (Fsp3) is 0.0667. The maximum atomic E-state index is 12.4. The summed E-state index contributed by atoms with van der Waals surface area (Å²) in [7, 11) is 1.55. The second-order valence-corrected chi connectivity index (χ2v) is 4.44. The van der Waals surface area contributed by atoms with Gasteiger partial charge in [-0.05, 0) is 48.0 Å². The number of benzene rings is 2. The molecular formula is C15H12ClNO3. The Bertz CT molecular complexity index is 665. The highest BCUT2D eigenvalue weighted by molar-refractivity contribution is 6.68. The number of hydrogen-bond acceptors (Lipinski definition) is 4. The minimum Gasteiger partial charge on any atom is -0.497 e. The van der Waals surface area contributed by atoms with Crippen LogP contribution in [0.1, 0.15) is 26.3 Å². The van der Waals surface area contributed by atoms with Crippen LogP contribution in [0.3, 0.4) is 0 Å². The summed E-state index contributed by atoms with van der Waals surface area (Å²) in [6, 6.07) is 11.2. The minimum atomic E-state index is -0.688. The van der Waals surface area contributed by atoms with E-state index in [4.69, 9.17) is 22.1 Å². The van der Waals surface area contributed by atoms with Crippen molar-refractivity contribution in [1.29, 1.82) is 0 Å². The molecule has 5 heteroatoms. The SMILES string of the molecule is COc1ccc(C(=O)c2cccc(C(=O)Cl)c2N)cc1. The van der Waals surface area contributed by atoms with Crippen LogP contribution in [-0.2, 0) is 0 Å². The van der Waals surface area contributed by atoms with Crippen LogP contribution in [0.4, 0.5) is 5.69 Å². The fourth-order valence-electron chi connectivity index (χ4n) is 1.83. The van der Waals surface area contributed by atoms with Gasteiger partial charge in [-0.25, -0.2) is 0 Å². The van der Waals surface area contributed by atoms with Crippen LogP contribution in [0.25, 0.3) is 0 Å². The van der Waals surface area contributed by atoms with E-state index in [-0.39, 0.29) is 22.6 Å². The molecule has 0 aliphatic heterocycles. The third kappa shape index (κ3) is 2.65. The molecule has 102 valence electrons.